The maximum Gasteiger partial charge on any atom is 0.119 e. The van der Waals surface area contributed by atoms with Crippen molar-refractivity contribution in [3.05, 3.63) is 30.3 Å². The lowest BCUT2D eigenvalue weighted by Gasteiger charge is -2.28. The van der Waals surface area contributed by atoms with E-state index >= 15 is 0 Å². The van der Waals surface area contributed by atoms with Gasteiger partial charge in [0.25, 0.3) is 0 Å². The maximum atomic E-state index is 5.69. The number of ether oxygens (including phenoxy) is 1. The molecule has 0 radical (unpaired) electrons. The topological polar surface area (TPSA) is 21.3 Å². The molecule has 0 bridgehead atoms. The molecule has 0 aromatic heterocycles. The van der Waals surface area contributed by atoms with E-state index < -0.39 is 0 Å². The van der Waals surface area contributed by atoms with Gasteiger partial charge in [-0.1, -0.05) is 31.5 Å². The fourth-order valence-corrected chi connectivity index (χ4v) is 2.86. The lowest BCUT2D eigenvalue weighted by Crippen LogP contribution is -2.34. The van der Waals surface area contributed by atoms with Crippen molar-refractivity contribution in [2.45, 2.75) is 51.5 Å². The first kappa shape index (κ1) is 14.4. The molecule has 106 valence electrons. The molecule has 1 N–H and O–H groups in total. The minimum atomic E-state index is 0.750. The molecule has 1 aliphatic rings. The monoisotopic (exact) mass is 261 g/mol. The quantitative estimate of drug-likeness (QED) is 0.749. The van der Waals surface area contributed by atoms with Gasteiger partial charge in [0, 0.05) is 6.04 Å². The van der Waals surface area contributed by atoms with Crippen LogP contribution >= 0.6 is 0 Å². The summed E-state index contributed by atoms with van der Waals surface area (Å²) in [6.45, 7) is 4.20. The highest BCUT2D eigenvalue weighted by atomic mass is 16.5. The number of para-hydroxylation sites is 1. The van der Waals surface area contributed by atoms with Gasteiger partial charge in [0.15, 0.2) is 0 Å². The Hall–Kier alpha value is -1.02. The molecule has 1 saturated carbocycles. The van der Waals surface area contributed by atoms with Crippen LogP contribution in [0.4, 0.5) is 0 Å². The van der Waals surface area contributed by atoms with Crippen molar-refractivity contribution in [3.63, 3.8) is 0 Å². The maximum absolute atomic E-state index is 5.69. The summed E-state index contributed by atoms with van der Waals surface area (Å²) < 4.78 is 5.69. The summed E-state index contributed by atoms with van der Waals surface area (Å²) >= 11 is 0. The van der Waals surface area contributed by atoms with Crippen molar-refractivity contribution >= 4 is 0 Å². The van der Waals surface area contributed by atoms with Crippen molar-refractivity contribution < 1.29 is 4.74 Å². The van der Waals surface area contributed by atoms with Gasteiger partial charge in [-0.3, -0.25) is 0 Å². The summed E-state index contributed by atoms with van der Waals surface area (Å²) in [7, 11) is 0. The second kappa shape index (κ2) is 8.21. The van der Waals surface area contributed by atoms with Crippen LogP contribution in [0.2, 0.25) is 0 Å². The zero-order valence-corrected chi connectivity index (χ0v) is 12.1. The molecule has 0 amide bonds. The molecule has 0 atom stereocenters. The average Bonchev–Trinajstić information content (AvgIpc) is 2.49. The van der Waals surface area contributed by atoms with Gasteiger partial charge in [-0.2, -0.15) is 0 Å². The Morgan fingerprint density at radius 2 is 1.84 bits per heavy atom. The van der Waals surface area contributed by atoms with E-state index in [4.69, 9.17) is 4.74 Å². The van der Waals surface area contributed by atoms with Crippen LogP contribution in [0, 0.1) is 5.92 Å². The molecule has 0 saturated heterocycles. The summed E-state index contributed by atoms with van der Waals surface area (Å²) in [5, 5.41) is 3.67. The van der Waals surface area contributed by atoms with E-state index in [2.05, 4.69) is 12.2 Å². The summed E-state index contributed by atoms with van der Waals surface area (Å²) in [6, 6.07) is 10.8. The first-order chi connectivity index (χ1) is 9.38. The molecule has 0 heterocycles. The molecule has 0 spiro atoms. The standard InChI is InChI=1S/C17H27NO/c1-2-15-9-11-16(12-10-15)18-13-6-14-19-17-7-4-3-5-8-17/h3-5,7-8,15-16,18H,2,6,9-14H2,1H3. The van der Waals surface area contributed by atoms with Crippen LogP contribution < -0.4 is 10.1 Å². The molecule has 1 aromatic carbocycles. The van der Waals surface area contributed by atoms with Crippen LogP contribution in [0.25, 0.3) is 0 Å². The Morgan fingerprint density at radius 1 is 1.11 bits per heavy atom. The van der Waals surface area contributed by atoms with Crippen molar-refractivity contribution in [3.8, 4) is 5.75 Å². The van der Waals surface area contributed by atoms with Crippen LogP contribution in [0.3, 0.4) is 0 Å². The van der Waals surface area contributed by atoms with Gasteiger partial charge in [-0.05, 0) is 56.7 Å². The molecule has 1 aliphatic carbocycles. The van der Waals surface area contributed by atoms with Crippen molar-refractivity contribution in [2.75, 3.05) is 13.2 Å². The SMILES string of the molecule is CCC1CCC(NCCCOc2ccccc2)CC1. The third-order valence-electron chi connectivity index (χ3n) is 4.19. The van der Waals surface area contributed by atoms with Gasteiger partial charge >= 0.3 is 0 Å². The zero-order chi connectivity index (χ0) is 13.3. The Labute approximate surface area is 117 Å². The van der Waals surface area contributed by atoms with E-state index in [1.807, 2.05) is 30.3 Å². The van der Waals surface area contributed by atoms with Gasteiger partial charge in [0.2, 0.25) is 0 Å². The molecule has 2 rings (SSSR count). The number of nitrogens with one attached hydrogen (secondary N) is 1. The van der Waals surface area contributed by atoms with E-state index in [1.165, 1.54) is 32.1 Å². The largest absolute Gasteiger partial charge is 0.494 e. The van der Waals surface area contributed by atoms with Crippen molar-refractivity contribution in [2.24, 2.45) is 5.92 Å². The van der Waals surface area contributed by atoms with E-state index in [-0.39, 0.29) is 0 Å². The summed E-state index contributed by atoms with van der Waals surface area (Å²) in [5.41, 5.74) is 0. The summed E-state index contributed by atoms with van der Waals surface area (Å²) in [4.78, 5) is 0. The molecule has 2 heteroatoms. The fourth-order valence-electron chi connectivity index (χ4n) is 2.86. The van der Waals surface area contributed by atoms with Gasteiger partial charge in [0.05, 0.1) is 6.61 Å². The van der Waals surface area contributed by atoms with Crippen LogP contribution in [-0.2, 0) is 0 Å². The summed E-state index contributed by atoms with van der Waals surface area (Å²) in [5.74, 6) is 1.96. The van der Waals surface area contributed by atoms with Crippen LogP contribution in [0.5, 0.6) is 5.75 Å². The first-order valence-electron chi connectivity index (χ1n) is 7.79. The molecule has 1 fully saturated rings. The minimum Gasteiger partial charge on any atom is -0.494 e. The van der Waals surface area contributed by atoms with Crippen LogP contribution in [0.1, 0.15) is 45.4 Å². The number of benzene rings is 1. The predicted octanol–water partition coefficient (Wildman–Crippen LogP) is 4.01. The molecule has 2 nitrogen and oxygen atoms in total. The smallest absolute Gasteiger partial charge is 0.119 e. The zero-order valence-electron chi connectivity index (χ0n) is 12.1. The van der Waals surface area contributed by atoms with Crippen molar-refractivity contribution in [1.29, 1.82) is 0 Å². The molecule has 0 unspecified atom stereocenters. The molecular weight excluding hydrogens is 234 g/mol. The Kier molecular flexibility index (Phi) is 6.22. The normalized spacial score (nSPS) is 23.2. The van der Waals surface area contributed by atoms with Crippen molar-refractivity contribution in [1.82, 2.24) is 5.32 Å². The average molecular weight is 261 g/mol. The van der Waals surface area contributed by atoms with Gasteiger partial charge in [-0.15, -0.1) is 0 Å². The molecule has 19 heavy (non-hydrogen) atoms. The van der Waals surface area contributed by atoms with E-state index in [1.54, 1.807) is 0 Å². The lowest BCUT2D eigenvalue weighted by atomic mass is 9.84. The Morgan fingerprint density at radius 3 is 2.53 bits per heavy atom. The molecule has 0 aliphatic heterocycles. The molecule has 1 aromatic rings. The van der Waals surface area contributed by atoms with Crippen LogP contribution in [0.15, 0.2) is 30.3 Å². The summed E-state index contributed by atoms with van der Waals surface area (Å²) in [6.07, 6.45) is 7.99. The predicted molar refractivity (Wildman–Crippen MR) is 80.6 cm³/mol. The number of rotatable bonds is 7. The third-order valence-corrected chi connectivity index (χ3v) is 4.19. The Balaban J connectivity index is 1.51. The highest BCUT2D eigenvalue weighted by Crippen LogP contribution is 2.26. The van der Waals surface area contributed by atoms with Gasteiger partial charge in [0.1, 0.15) is 5.75 Å². The lowest BCUT2D eigenvalue weighted by molar-refractivity contribution is 0.270. The highest BCUT2D eigenvalue weighted by molar-refractivity contribution is 5.20. The molecular formula is C17H27NO. The first-order valence-corrected chi connectivity index (χ1v) is 7.79. The number of hydrogen-bond acceptors (Lipinski definition) is 2. The van der Waals surface area contributed by atoms with Gasteiger partial charge in [-0.25, -0.2) is 0 Å². The second-order valence-electron chi connectivity index (χ2n) is 5.60. The fraction of sp³-hybridized carbons (Fsp3) is 0.647. The van der Waals surface area contributed by atoms with E-state index in [9.17, 15) is 0 Å². The third kappa shape index (κ3) is 5.23. The highest BCUT2D eigenvalue weighted by Gasteiger charge is 2.18. The Bertz CT molecular complexity index is 330. The number of hydrogen-bond donors (Lipinski definition) is 1. The minimum absolute atomic E-state index is 0.750. The van der Waals surface area contributed by atoms with Crippen LogP contribution in [-0.4, -0.2) is 19.2 Å². The van der Waals surface area contributed by atoms with E-state index in [0.717, 1.165) is 37.3 Å². The van der Waals surface area contributed by atoms with E-state index in [0.29, 0.717) is 0 Å². The second-order valence-corrected chi connectivity index (χ2v) is 5.60. The van der Waals surface area contributed by atoms with Gasteiger partial charge < -0.3 is 10.1 Å².